The third kappa shape index (κ3) is 7.51. The predicted molar refractivity (Wildman–Crippen MR) is 101 cm³/mol. The Morgan fingerprint density at radius 3 is 2.45 bits per heavy atom. The molecule has 0 saturated heterocycles. The van der Waals surface area contributed by atoms with E-state index in [1.54, 1.807) is 0 Å². The molecular weight excluding hydrogens is 312 g/mol. The van der Waals surface area contributed by atoms with Gasteiger partial charge in [-0.1, -0.05) is 36.9 Å². The topological polar surface area (TPSA) is 18.5 Å². The quantitative estimate of drug-likeness (QED) is 0.504. The van der Waals surface area contributed by atoms with Crippen LogP contribution >= 0.6 is 0 Å². The van der Waals surface area contributed by atoms with Crippen LogP contribution in [0, 0.1) is 0 Å². The molecule has 112 valence electrons. The van der Waals surface area contributed by atoms with Crippen LogP contribution in [0.1, 0.15) is 5.56 Å². The fourth-order valence-corrected chi connectivity index (χ4v) is 11.7. The Labute approximate surface area is 131 Å². The lowest BCUT2D eigenvalue weighted by molar-refractivity contribution is 0.590. The van der Waals surface area contributed by atoms with Crippen molar-refractivity contribution in [2.75, 3.05) is 0 Å². The molecule has 0 N–H and O–H groups in total. The van der Waals surface area contributed by atoms with E-state index in [-0.39, 0.29) is 9.76 Å². The molecule has 0 atom stereocenters. The number of hydrogen-bond acceptors (Lipinski definition) is 2. The Bertz CT molecular complexity index is 404. The van der Waals surface area contributed by atoms with Gasteiger partial charge in [0.2, 0.25) is 0 Å². The molecule has 0 bridgehead atoms. The van der Waals surface area contributed by atoms with Crippen molar-refractivity contribution in [1.82, 2.24) is 0 Å². The molecule has 1 aromatic rings. The molecule has 1 aromatic carbocycles. The van der Waals surface area contributed by atoms with Gasteiger partial charge in [0.1, 0.15) is 9.76 Å². The van der Waals surface area contributed by atoms with Crippen LogP contribution in [0.15, 0.2) is 30.8 Å². The van der Waals surface area contributed by atoms with Crippen molar-refractivity contribution in [2.24, 2.45) is 0 Å². The van der Waals surface area contributed by atoms with Crippen LogP contribution in [0.5, 0.6) is 0 Å². The largest absolute Gasteiger partial charge is 0.463 e. The summed E-state index contributed by atoms with van der Waals surface area (Å²) in [6.07, 6.45) is 1.88. The molecule has 0 aliphatic heterocycles. The van der Waals surface area contributed by atoms with Crippen molar-refractivity contribution < 1.29 is 8.23 Å². The van der Waals surface area contributed by atoms with Crippen molar-refractivity contribution in [3.05, 3.63) is 36.4 Å². The lowest BCUT2D eigenvalue weighted by Crippen LogP contribution is -2.36. The first-order valence-electron chi connectivity index (χ1n) is 7.40. The van der Waals surface area contributed by atoms with Crippen molar-refractivity contribution in [2.45, 2.75) is 38.3 Å². The summed E-state index contributed by atoms with van der Waals surface area (Å²) in [5.41, 5.74) is 1.18. The van der Waals surface area contributed by atoms with Crippen molar-refractivity contribution in [3.63, 3.8) is 0 Å². The van der Waals surface area contributed by atoms with Gasteiger partial charge >= 0.3 is 0 Å². The van der Waals surface area contributed by atoms with Crippen molar-refractivity contribution in [3.8, 4) is 0 Å². The summed E-state index contributed by atoms with van der Waals surface area (Å²) >= 11 is 0. The first-order valence-corrected chi connectivity index (χ1v) is 16.2. The van der Waals surface area contributed by atoms with E-state index in [0.29, 0.717) is 0 Å². The average Bonchev–Trinajstić information content (AvgIpc) is 2.42. The van der Waals surface area contributed by atoms with Crippen LogP contribution in [0.3, 0.4) is 0 Å². The molecule has 6 heteroatoms. The molecule has 0 amide bonds. The number of benzene rings is 1. The van der Waals surface area contributed by atoms with Crippen LogP contribution in [0.25, 0.3) is 6.08 Å². The Hall–Kier alpha value is -0.252. The van der Waals surface area contributed by atoms with Gasteiger partial charge in [0.15, 0.2) is 27.1 Å². The van der Waals surface area contributed by atoms with E-state index in [9.17, 15) is 0 Å². The van der Waals surface area contributed by atoms with Gasteiger partial charge in [0, 0.05) is 0 Å². The second-order valence-corrected chi connectivity index (χ2v) is 16.8. The molecular formula is C14H28O2Si4. The third-order valence-electron chi connectivity index (χ3n) is 3.22. The minimum atomic E-state index is -1.47. The fraction of sp³-hybridized carbons (Fsp3) is 0.429. The molecule has 2 nitrogen and oxygen atoms in total. The zero-order chi connectivity index (χ0) is 15.0. The molecule has 0 radical (unpaired) electrons. The Kier molecular flexibility index (Phi) is 7.93. The maximum Gasteiger partial charge on any atom is 0.178 e. The molecule has 0 aliphatic rings. The summed E-state index contributed by atoms with van der Waals surface area (Å²) in [4.78, 5) is 0. The second kappa shape index (κ2) is 8.91. The molecule has 20 heavy (non-hydrogen) atoms. The Balaban J connectivity index is 2.32. The van der Waals surface area contributed by atoms with Crippen LogP contribution in [0.2, 0.25) is 38.3 Å². The van der Waals surface area contributed by atoms with E-state index >= 15 is 0 Å². The summed E-state index contributed by atoms with van der Waals surface area (Å²) in [6.45, 7) is 13.0. The third-order valence-corrected chi connectivity index (χ3v) is 14.2. The van der Waals surface area contributed by atoms with E-state index < -0.39 is 27.1 Å². The summed E-state index contributed by atoms with van der Waals surface area (Å²) < 4.78 is 12.2. The molecule has 0 aromatic heterocycles. The lowest BCUT2D eigenvalue weighted by Gasteiger charge is -2.23. The zero-order valence-corrected chi connectivity index (χ0v) is 18.3. The summed E-state index contributed by atoms with van der Waals surface area (Å²) in [5, 5.41) is 1.39. The molecule has 0 fully saturated rings. The summed E-state index contributed by atoms with van der Waals surface area (Å²) in [7, 11) is -3.12. The summed E-state index contributed by atoms with van der Waals surface area (Å²) in [6, 6.07) is 11.2. The van der Waals surface area contributed by atoms with E-state index in [1.807, 2.05) is 6.08 Å². The van der Waals surface area contributed by atoms with Gasteiger partial charge in [-0.2, -0.15) is 0 Å². The SMILES string of the molecule is C=Cc1ccc([SiH2]O[Si](C)(C)CC[SiH2]O[SiH](C)C)cc1. The highest BCUT2D eigenvalue weighted by molar-refractivity contribution is 6.77. The minimum absolute atomic E-state index is 0.284. The molecule has 0 unspecified atom stereocenters. The smallest absolute Gasteiger partial charge is 0.178 e. The Morgan fingerprint density at radius 2 is 1.90 bits per heavy atom. The van der Waals surface area contributed by atoms with Crippen LogP contribution < -0.4 is 5.19 Å². The molecule has 0 heterocycles. The standard InChI is InChI=1S/C14H28O2Si4/c1-6-13-7-9-14(10-8-13)18-16-20(4,5)12-11-17-15-19(2)3/h6-10,19H,1,11-12,17-18H2,2-5H3. The Morgan fingerprint density at radius 1 is 1.25 bits per heavy atom. The first-order chi connectivity index (χ1) is 9.43. The monoisotopic (exact) mass is 340 g/mol. The summed E-state index contributed by atoms with van der Waals surface area (Å²) in [5.74, 6) is 0. The minimum Gasteiger partial charge on any atom is -0.463 e. The normalized spacial score (nSPS) is 13.1. The van der Waals surface area contributed by atoms with Gasteiger partial charge in [0.25, 0.3) is 0 Å². The lowest BCUT2D eigenvalue weighted by atomic mass is 10.2. The van der Waals surface area contributed by atoms with Crippen LogP contribution in [-0.4, -0.2) is 36.9 Å². The molecule has 1 rings (SSSR count). The van der Waals surface area contributed by atoms with Crippen LogP contribution in [-0.2, 0) is 8.23 Å². The number of rotatable bonds is 9. The predicted octanol–water partition coefficient (Wildman–Crippen LogP) is 1.76. The van der Waals surface area contributed by atoms with Crippen molar-refractivity contribution in [1.29, 1.82) is 0 Å². The van der Waals surface area contributed by atoms with E-state index in [2.05, 4.69) is 57.0 Å². The maximum absolute atomic E-state index is 6.33. The van der Waals surface area contributed by atoms with E-state index in [4.69, 9.17) is 8.23 Å². The van der Waals surface area contributed by atoms with Gasteiger partial charge in [0.05, 0.1) is 0 Å². The highest BCUT2D eigenvalue weighted by Gasteiger charge is 2.21. The highest BCUT2D eigenvalue weighted by atomic mass is 28.4. The highest BCUT2D eigenvalue weighted by Crippen LogP contribution is 2.13. The van der Waals surface area contributed by atoms with E-state index in [1.165, 1.54) is 22.8 Å². The maximum atomic E-state index is 6.33. The zero-order valence-electron chi connectivity index (χ0n) is 13.3. The van der Waals surface area contributed by atoms with Gasteiger partial charge in [-0.25, -0.2) is 0 Å². The first kappa shape index (κ1) is 17.8. The van der Waals surface area contributed by atoms with Gasteiger partial charge in [-0.15, -0.1) is 0 Å². The van der Waals surface area contributed by atoms with Gasteiger partial charge < -0.3 is 8.23 Å². The van der Waals surface area contributed by atoms with Crippen LogP contribution in [0.4, 0.5) is 0 Å². The van der Waals surface area contributed by atoms with Gasteiger partial charge in [-0.05, 0) is 49.0 Å². The van der Waals surface area contributed by atoms with Gasteiger partial charge in [-0.3, -0.25) is 0 Å². The van der Waals surface area contributed by atoms with E-state index in [0.717, 1.165) is 0 Å². The molecule has 0 saturated carbocycles. The van der Waals surface area contributed by atoms with Crippen molar-refractivity contribution >= 4 is 48.1 Å². The average molecular weight is 341 g/mol. The molecule has 0 aliphatic carbocycles. The molecule has 0 spiro atoms. The fourth-order valence-electron chi connectivity index (χ4n) is 1.92. The number of hydrogen-bond donors (Lipinski definition) is 0. The second-order valence-electron chi connectivity index (χ2n) is 6.02.